The number of rotatable bonds is 10. The molecule has 0 N–H and O–H groups in total. The second-order valence-corrected chi connectivity index (χ2v) is 8.27. The van der Waals surface area contributed by atoms with Gasteiger partial charge in [0.2, 0.25) is 5.76 Å². The summed E-state index contributed by atoms with van der Waals surface area (Å²) >= 11 is 0. The molecular weight excluding hydrogens is 418 g/mol. The summed E-state index contributed by atoms with van der Waals surface area (Å²) in [5.41, 5.74) is 1.47. The summed E-state index contributed by atoms with van der Waals surface area (Å²) in [4.78, 5) is 28.5. The van der Waals surface area contributed by atoms with Crippen LogP contribution in [0.3, 0.4) is 0 Å². The molecule has 4 rings (SSSR count). The van der Waals surface area contributed by atoms with Gasteiger partial charge in [0.1, 0.15) is 5.58 Å². The second-order valence-electron chi connectivity index (χ2n) is 8.27. The highest BCUT2D eigenvalue weighted by Gasteiger charge is 2.42. The molecule has 174 valence electrons. The van der Waals surface area contributed by atoms with Gasteiger partial charge in [-0.25, -0.2) is 0 Å². The number of carbonyl (C=O) groups excluding carboxylic acids is 1. The van der Waals surface area contributed by atoms with Crippen molar-refractivity contribution in [3.8, 4) is 11.5 Å². The molecule has 2 heterocycles. The van der Waals surface area contributed by atoms with Crippen LogP contribution in [0.5, 0.6) is 11.5 Å². The van der Waals surface area contributed by atoms with E-state index in [1.807, 2.05) is 32.0 Å². The standard InChI is InChI=1S/C27H31NO5/c1-4-7-10-16-32-21-14-13-18(17-22(21)31-6-3)24-23-25(29)19-11-8-9-12-20(19)33-26(23)27(30)28(24)15-5-2/h8-9,11-14,17,24H,4-7,10,15-16H2,1-3H3. The van der Waals surface area contributed by atoms with E-state index in [2.05, 4.69) is 6.92 Å². The third-order valence-electron chi connectivity index (χ3n) is 5.93. The third-order valence-corrected chi connectivity index (χ3v) is 5.93. The van der Waals surface area contributed by atoms with Crippen molar-refractivity contribution in [2.75, 3.05) is 19.8 Å². The first-order chi connectivity index (χ1) is 16.1. The molecule has 0 radical (unpaired) electrons. The summed E-state index contributed by atoms with van der Waals surface area (Å²) in [6.07, 6.45) is 3.98. The van der Waals surface area contributed by atoms with Gasteiger partial charge in [0, 0.05) is 6.54 Å². The fourth-order valence-electron chi connectivity index (χ4n) is 4.40. The van der Waals surface area contributed by atoms with Crippen molar-refractivity contribution in [1.29, 1.82) is 0 Å². The Bertz CT molecular complexity index is 1200. The Labute approximate surface area is 194 Å². The first-order valence-corrected chi connectivity index (χ1v) is 11.9. The van der Waals surface area contributed by atoms with Crippen LogP contribution in [-0.4, -0.2) is 30.6 Å². The van der Waals surface area contributed by atoms with Gasteiger partial charge in [0.15, 0.2) is 16.9 Å². The van der Waals surface area contributed by atoms with Gasteiger partial charge < -0.3 is 18.8 Å². The number of para-hydroxylation sites is 1. The molecule has 3 aromatic rings. The minimum Gasteiger partial charge on any atom is -0.490 e. The van der Waals surface area contributed by atoms with Crippen LogP contribution in [0.15, 0.2) is 51.7 Å². The van der Waals surface area contributed by atoms with E-state index in [1.165, 1.54) is 0 Å². The second kappa shape index (κ2) is 10.1. The van der Waals surface area contributed by atoms with Gasteiger partial charge in [0.05, 0.1) is 30.2 Å². The Balaban J connectivity index is 1.80. The van der Waals surface area contributed by atoms with Crippen LogP contribution in [0, 0.1) is 0 Å². The van der Waals surface area contributed by atoms with E-state index in [1.54, 1.807) is 29.2 Å². The van der Waals surface area contributed by atoms with Gasteiger partial charge in [-0.15, -0.1) is 0 Å². The molecule has 1 aliphatic heterocycles. The Morgan fingerprint density at radius 1 is 0.939 bits per heavy atom. The summed E-state index contributed by atoms with van der Waals surface area (Å²) in [6, 6.07) is 12.2. The minimum absolute atomic E-state index is 0.134. The molecule has 0 aliphatic carbocycles. The fourth-order valence-corrected chi connectivity index (χ4v) is 4.40. The molecule has 1 aliphatic rings. The largest absolute Gasteiger partial charge is 0.490 e. The highest BCUT2D eigenvalue weighted by molar-refractivity contribution is 5.99. The zero-order chi connectivity index (χ0) is 23.4. The Kier molecular flexibility index (Phi) is 7.02. The number of carbonyl (C=O) groups is 1. The van der Waals surface area contributed by atoms with Crippen LogP contribution in [0.4, 0.5) is 0 Å². The number of benzene rings is 2. The number of amides is 1. The predicted molar refractivity (Wildman–Crippen MR) is 128 cm³/mol. The fraction of sp³-hybridized carbons (Fsp3) is 0.407. The molecule has 0 spiro atoms. The maximum absolute atomic E-state index is 13.5. The van der Waals surface area contributed by atoms with Crippen LogP contribution in [0.25, 0.3) is 11.0 Å². The lowest BCUT2D eigenvalue weighted by atomic mass is 9.98. The summed E-state index contributed by atoms with van der Waals surface area (Å²) in [7, 11) is 0. The van der Waals surface area contributed by atoms with Gasteiger partial charge in [-0.3, -0.25) is 9.59 Å². The summed E-state index contributed by atoms with van der Waals surface area (Å²) < 4.78 is 17.8. The topological polar surface area (TPSA) is 69.0 Å². The van der Waals surface area contributed by atoms with Gasteiger partial charge >= 0.3 is 0 Å². The molecule has 33 heavy (non-hydrogen) atoms. The van der Waals surface area contributed by atoms with E-state index < -0.39 is 6.04 Å². The SMILES string of the molecule is CCCCCOc1ccc(C2c3c(oc4ccccc4c3=O)C(=O)N2CCC)cc1OCC. The minimum atomic E-state index is -0.526. The van der Waals surface area contributed by atoms with Crippen molar-refractivity contribution in [2.45, 2.75) is 52.5 Å². The van der Waals surface area contributed by atoms with Crippen LogP contribution in [0.2, 0.25) is 0 Å². The van der Waals surface area contributed by atoms with E-state index in [0.29, 0.717) is 47.8 Å². The average molecular weight is 450 g/mol. The van der Waals surface area contributed by atoms with Crippen LogP contribution in [-0.2, 0) is 0 Å². The van der Waals surface area contributed by atoms with Crippen molar-refractivity contribution in [1.82, 2.24) is 4.90 Å². The van der Waals surface area contributed by atoms with Crippen LogP contribution in [0.1, 0.15) is 74.2 Å². The van der Waals surface area contributed by atoms with E-state index in [4.69, 9.17) is 13.9 Å². The smallest absolute Gasteiger partial charge is 0.290 e. The number of ether oxygens (including phenoxy) is 2. The Morgan fingerprint density at radius 2 is 1.76 bits per heavy atom. The molecule has 6 heteroatoms. The van der Waals surface area contributed by atoms with Crippen LogP contribution < -0.4 is 14.9 Å². The van der Waals surface area contributed by atoms with E-state index in [9.17, 15) is 9.59 Å². The van der Waals surface area contributed by atoms with Gasteiger partial charge in [-0.05, 0) is 49.6 Å². The van der Waals surface area contributed by atoms with Gasteiger partial charge in [-0.2, -0.15) is 0 Å². The maximum Gasteiger partial charge on any atom is 0.290 e. The molecule has 0 bridgehead atoms. The van der Waals surface area contributed by atoms with E-state index >= 15 is 0 Å². The molecule has 1 amide bonds. The first-order valence-electron chi connectivity index (χ1n) is 11.9. The van der Waals surface area contributed by atoms with Gasteiger partial charge in [0.25, 0.3) is 5.91 Å². The number of fused-ring (bicyclic) bond motifs is 2. The highest BCUT2D eigenvalue weighted by Crippen LogP contribution is 2.41. The van der Waals surface area contributed by atoms with Crippen molar-refractivity contribution >= 4 is 16.9 Å². The molecule has 0 saturated heterocycles. The third kappa shape index (κ3) is 4.34. The van der Waals surface area contributed by atoms with Crippen LogP contribution >= 0.6 is 0 Å². The zero-order valence-electron chi connectivity index (χ0n) is 19.6. The lowest BCUT2D eigenvalue weighted by Crippen LogP contribution is -2.30. The normalized spacial score (nSPS) is 15.2. The Hall–Kier alpha value is -3.28. The van der Waals surface area contributed by atoms with E-state index in [0.717, 1.165) is 31.2 Å². The van der Waals surface area contributed by atoms with Crippen molar-refractivity contribution in [3.05, 3.63) is 69.6 Å². The number of hydrogen-bond acceptors (Lipinski definition) is 5. The summed E-state index contributed by atoms with van der Waals surface area (Å²) in [6.45, 7) is 7.71. The molecule has 0 saturated carbocycles. The summed E-state index contributed by atoms with van der Waals surface area (Å²) in [5, 5.41) is 0.480. The molecular formula is C27H31NO5. The quantitative estimate of drug-likeness (QED) is 0.371. The van der Waals surface area contributed by atoms with Crippen molar-refractivity contribution in [3.63, 3.8) is 0 Å². The summed E-state index contributed by atoms with van der Waals surface area (Å²) in [5.74, 6) is 1.18. The zero-order valence-corrected chi connectivity index (χ0v) is 19.6. The van der Waals surface area contributed by atoms with E-state index in [-0.39, 0.29) is 17.1 Å². The van der Waals surface area contributed by atoms with Gasteiger partial charge in [-0.1, -0.05) is 44.9 Å². The maximum atomic E-state index is 13.5. The molecule has 2 aromatic carbocycles. The predicted octanol–water partition coefficient (Wildman–Crippen LogP) is 5.72. The average Bonchev–Trinajstić information content (AvgIpc) is 3.10. The first kappa shape index (κ1) is 22.9. The highest BCUT2D eigenvalue weighted by atomic mass is 16.5. The van der Waals surface area contributed by atoms with Crippen molar-refractivity contribution < 1.29 is 18.7 Å². The molecule has 1 atom stereocenters. The molecule has 1 aromatic heterocycles. The molecule has 1 unspecified atom stereocenters. The number of hydrogen-bond donors (Lipinski definition) is 0. The molecule has 6 nitrogen and oxygen atoms in total. The number of unbranched alkanes of at least 4 members (excludes halogenated alkanes) is 2. The monoisotopic (exact) mass is 449 g/mol. The van der Waals surface area contributed by atoms with Crippen molar-refractivity contribution in [2.24, 2.45) is 0 Å². The number of nitrogens with zero attached hydrogens (tertiary/aromatic N) is 1. The Morgan fingerprint density at radius 3 is 2.52 bits per heavy atom. The lowest BCUT2D eigenvalue weighted by molar-refractivity contribution is 0.0728. The lowest BCUT2D eigenvalue weighted by Gasteiger charge is -2.25. The molecule has 0 fully saturated rings.